The molecule has 10 heteroatoms. The molecule has 0 aliphatic carbocycles. The monoisotopic (exact) mass is 353 g/mol. The molecule has 0 aliphatic rings. The van der Waals surface area contributed by atoms with Crippen LogP contribution >= 0.6 is 0 Å². The Kier molecular flexibility index (Phi) is 5.89. The van der Waals surface area contributed by atoms with Gasteiger partial charge in [0.1, 0.15) is 10.4 Å². The number of rotatable bonds is 4. The van der Waals surface area contributed by atoms with Crippen molar-refractivity contribution >= 4 is 17.5 Å². The molecule has 3 N–H and O–H groups in total. The van der Waals surface area contributed by atoms with Crippen LogP contribution in [0.25, 0.3) is 0 Å². The molecule has 1 amide bonds. The highest BCUT2D eigenvalue weighted by Gasteiger charge is 2.35. The Bertz CT molecular complexity index is 576. The van der Waals surface area contributed by atoms with Gasteiger partial charge in [-0.1, -0.05) is 0 Å². The molecule has 1 aromatic rings. The number of carbonyl (C=O) groups excluding carboxylic acids is 1. The first-order valence-electron chi connectivity index (χ1n) is 6.55. The number of amides is 1. The van der Waals surface area contributed by atoms with E-state index in [0.29, 0.717) is 0 Å². The van der Waals surface area contributed by atoms with Crippen molar-refractivity contribution in [1.29, 1.82) is 0 Å². The zero-order valence-corrected chi connectivity index (χ0v) is 13.8. The topological polar surface area (TPSA) is 100 Å². The summed E-state index contributed by atoms with van der Waals surface area (Å²) in [7, 11) is 0. The molecule has 2 unspecified atom stereocenters. The fourth-order valence-corrected chi connectivity index (χ4v) is 2.29. The fourth-order valence-electron chi connectivity index (χ4n) is 1.48. The molecule has 130 valence electrons. The summed E-state index contributed by atoms with van der Waals surface area (Å²) in [5.41, 5.74) is 3.68. The highest BCUT2D eigenvalue weighted by Crippen LogP contribution is 2.32. The molecule has 0 aliphatic heterocycles. The first-order valence-corrected chi connectivity index (χ1v) is 7.70. The van der Waals surface area contributed by atoms with Gasteiger partial charge in [0.05, 0.1) is 6.04 Å². The van der Waals surface area contributed by atoms with E-state index in [1.54, 1.807) is 20.8 Å². The molecule has 23 heavy (non-hydrogen) atoms. The number of nitrogens with zero attached hydrogens (tertiary/aromatic N) is 1. The molecule has 0 aromatic carbocycles. The molecule has 1 rings (SSSR count). The number of hydrogen-bond donors (Lipinski definition) is 2. The van der Waals surface area contributed by atoms with Crippen LogP contribution in [0.1, 0.15) is 45.0 Å². The van der Waals surface area contributed by atoms with Gasteiger partial charge in [0.25, 0.3) is 0 Å². The van der Waals surface area contributed by atoms with Crippen LogP contribution < -0.4 is 15.2 Å². The molecule has 6 nitrogen and oxygen atoms in total. The van der Waals surface area contributed by atoms with Crippen molar-refractivity contribution in [2.75, 3.05) is 0 Å². The number of hydrogen-bond acceptors (Lipinski definition) is 5. The Morgan fingerprint density at radius 2 is 1.96 bits per heavy atom. The van der Waals surface area contributed by atoms with Gasteiger partial charge in [-0.3, -0.25) is 0 Å². The van der Waals surface area contributed by atoms with Gasteiger partial charge in [0.15, 0.2) is 0 Å². The maximum atomic E-state index is 12.9. The SMILES string of the molecule is CC(N[S+]([O-])C(C)(C)C)c1cc(OC(N)=O)nc(C(F)(F)F)c1. The number of pyridine rings is 1. The molecular weight excluding hydrogens is 335 g/mol. The second-order valence-electron chi connectivity index (χ2n) is 5.76. The lowest BCUT2D eigenvalue weighted by Gasteiger charge is -2.26. The van der Waals surface area contributed by atoms with Crippen LogP contribution in [0.15, 0.2) is 12.1 Å². The Hall–Kier alpha value is -1.52. The lowest BCUT2D eigenvalue weighted by molar-refractivity contribution is -0.141. The number of ether oxygens (including phenoxy) is 1. The molecule has 0 radical (unpaired) electrons. The predicted octanol–water partition coefficient (Wildman–Crippen LogP) is 2.67. The lowest BCUT2D eigenvalue weighted by Crippen LogP contribution is -2.40. The van der Waals surface area contributed by atoms with Gasteiger partial charge in [-0.25, -0.2) is 9.78 Å². The Balaban J connectivity index is 3.16. The van der Waals surface area contributed by atoms with Crippen molar-refractivity contribution in [2.45, 2.75) is 44.7 Å². The minimum Gasteiger partial charge on any atom is -0.598 e. The summed E-state index contributed by atoms with van der Waals surface area (Å²) in [6.07, 6.45) is -6.00. The van der Waals surface area contributed by atoms with Crippen LogP contribution in [0.2, 0.25) is 0 Å². The summed E-state index contributed by atoms with van der Waals surface area (Å²) in [4.78, 5) is 13.9. The van der Waals surface area contributed by atoms with E-state index in [1.807, 2.05) is 0 Å². The molecule has 0 saturated heterocycles. The molecule has 2 atom stereocenters. The third-order valence-electron chi connectivity index (χ3n) is 2.66. The molecule has 0 spiro atoms. The number of aromatic nitrogens is 1. The quantitative estimate of drug-likeness (QED) is 0.811. The highest BCUT2D eigenvalue weighted by molar-refractivity contribution is 7.90. The highest BCUT2D eigenvalue weighted by atomic mass is 32.2. The zero-order valence-electron chi connectivity index (χ0n) is 13.0. The van der Waals surface area contributed by atoms with E-state index in [2.05, 4.69) is 14.4 Å². The van der Waals surface area contributed by atoms with Crippen molar-refractivity contribution in [2.24, 2.45) is 5.73 Å². The standard InChI is InChI=1S/C13H18F3N3O3S/c1-7(19-23(21)12(2,3)4)8-5-9(13(14,15)16)18-10(6-8)22-11(17)20/h5-7,19H,1-4H3,(H2,17,20). The molecule has 1 aromatic heterocycles. The van der Waals surface area contributed by atoms with E-state index in [0.717, 1.165) is 12.1 Å². The summed E-state index contributed by atoms with van der Waals surface area (Å²) < 4.78 is 57.2. The molecule has 0 saturated carbocycles. The minimum absolute atomic E-state index is 0.112. The Morgan fingerprint density at radius 1 is 1.39 bits per heavy atom. The number of alkyl halides is 3. The molecular formula is C13H18F3N3O3S. The first-order chi connectivity index (χ1) is 10.3. The van der Waals surface area contributed by atoms with E-state index in [-0.39, 0.29) is 5.56 Å². The van der Waals surface area contributed by atoms with Gasteiger partial charge in [-0.15, -0.1) is 4.72 Å². The van der Waals surface area contributed by atoms with E-state index in [1.165, 1.54) is 6.92 Å². The Morgan fingerprint density at radius 3 is 2.39 bits per heavy atom. The maximum Gasteiger partial charge on any atom is 0.433 e. The largest absolute Gasteiger partial charge is 0.598 e. The Labute approximate surface area is 134 Å². The minimum atomic E-state index is -4.73. The molecule has 1 heterocycles. The molecule has 0 fully saturated rings. The second-order valence-corrected chi connectivity index (χ2v) is 7.76. The van der Waals surface area contributed by atoms with E-state index in [4.69, 9.17) is 5.73 Å². The summed E-state index contributed by atoms with van der Waals surface area (Å²) >= 11 is -1.50. The number of carbonyl (C=O) groups is 1. The van der Waals surface area contributed by atoms with Crippen LogP contribution in [0.5, 0.6) is 5.88 Å². The second kappa shape index (κ2) is 6.93. The number of primary amides is 1. The number of nitrogens with one attached hydrogen (secondary N) is 1. The van der Waals surface area contributed by atoms with Gasteiger partial charge in [-0.05, 0) is 39.3 Å². The first kappa shape index (κ1) is 19.5. The summed E-state index contributed by atoms with van der Waals surface area (Å²) in [6, 6.07) is 1.23. The van der Waals surface area contributed by atoms with Crippen molar-refractivity contribution in [3.63, 3.8) is 0 Å². The van der Waals surface area contributed by atoms with Crippen LogP contribution in [-0.4, -0.2) is 20.4 Å². The number of halogens is 3. The smallest absolute Gasteiger partial charge is 0.433 e. The third-order valence-corrected chi connectivity index (χ3v) is 4.34. The van der Waals surface area contributed by atoms with Gasteiger partial charge >= 0.3 is 12.3 Å². The van der Waals surface area contributed by atoms with Crippen molar-refractivity contribution < 1.29 is 27.3 Å². The van der Waals surface area contributed by atoms with E-state index < -0.39 is 46.0 Å². The summed E-state index contributed by atoms with van der Waals surface area (Å²) in [6.45, 7) is 6.70. The predicted molar refractivity (Wildman–Crippen MR) is 78.9 cm³/mol. The fraction of sp³-hybridized carbons (Fsp3) is 0.538. The molecule has 0 bridgehead atoms. The third kappa shape index (κ3) is 5.88. The lowest BCUT2D eigenvalue weighted by atomic mass is 10.1. The maximum absolute atomic E-state index is 12.9. The van der Waals surface area contributed by atoms with Gasteiger partial charge in [-0.2, -0.15) is 13.2 Å². The van der Waals surface area contributed by atoms with E-state index in [9.17, 15) is 22.5 Å². The van der Waals surface area contributed by atoms with Crippen molar-refractivity contribution in [3.8, 4) is 5.88 Å². The van der Waals surface area contributed by atoms with Gasteiger partial charge in [0, 0.05) is 17.4 Å². The average Bonchev–Trinajstić information content (AvgIpc) is 2.35. The van der Waals surface area contributed by atoms with Crippen LogP contribution in [0.3, 0.4) is 0 Å². The number of nitrogens with two attached hydrogens (primary N) is 1. The van der Waals surface area contributed by atoms with Gasteiger partial charge < -0.3 is 15.0 Å². The van der Waals surface area contributed by atoms with Crippen molar-refractivity contribution in [3.05, 3.63) is 23.4 Å². The summed E-state index contributed by atoms with van der Waals surface area (Å²) in [5.74, 6) is -0.572. The summed E-state index contributed by atoms with van der Waals surface area (Å²) in [5, 5.41) is 0. The van der Waals surface area contributed by atoms with Crippen LogP contribution in [-0.2, 0) is 17.5 Å². The average molecular weight is 353 g/mol. The zero-order chi connectivity index (χ0) is 18.0. The van der Waals surface area contributed by atoms with Crippen LogP contribution in [0.4, 0.5) is 18.0 Å². The van der Waals surface area contributed by atoms with Crippen LogP contribution in [0, 0.1) is 0 Å². The van der Waals surface area contributed by atoms with Gasteiger partial charge in [0.2, 0.25) is 5.88 Å². The van der Waals surface area contributed by atoms with E-state index >= 15 is 0 Å². The normalized spacial score (nSPS) is 15.1. The van der Waals surface area contributed by atoms with Crippen molar-refractivity contribution in [1.82, 2.24) is 9.71 Å².